The van der Waals surface area contributed by atoms with Crippen LogP contribution in [0.4, 0.5) is 4.79 Å². The topological polar surface area (TPSA) is 95.9 Å². The second-order valence-electron chi connectivity index (χ2n) is 4.69. The molecule has 0 aromatic heterocycles. The maximum absolute atomic E-state index is 12.1. The van der Waals surface area contributed by atoms with E-state index in [9.17, 15) is 13.8 Å². The molecule has 7 nitrogen and oxygen atoms in total. The van der Waals surface area contributed by atoms with Crippen LogP contribution in [0.2, 0.25) is 0 Å². The van der Waals surface area contributed by atoms with Crippen molar-refractivity contribution in [2.75, 3.05) is 31.3 Å². The largest absolute Gasteiger partial charge is 0.480 e. The van der Waals surface area contributed by atoms with E-state index in [0.717, 1.165) is 0 Å². The monoisotopic (exact) mass is 290 g/mol. The Morgan fingerprint density at radius 3 is 2.63 bits per heavy atom. The number of carbonyl (C=O) groups excluding carboxylic acids is 1. The molecule has 0 radical (unpaired) electrons. The van der Waals surface area contributed by atoms with Crippen molar-refractivity contribution in [3.8, 4) is 0 Å². The molecule has 19 heavy (non-hydrogen) atoms. The molecule has 2 N–H and O–H groups in total. The number of carboxylic acids is 1. The highest BCUT2D eigenvalue weighted by molar-refractivity contribution is 7.85. The van der Waals surface area contributed by atoms with E-state index in [0.29, 0.717) is 31.0 Å². The Morgan fingerprint density at radius 2 is 2.00 bits per heavy atom. The molecule has 0 spiro atoms. The molecule has 0 bridgehead atoms. The van der Waals surface area contributed by atoms with Gasteiger partial charge in [-0.1, -0.05) is 0 Å². The number of aliphatic carboxylic acids is 1. The van der Waals surface area contributed by atoms with Crippen molar-refractivity contribution in [2.45, 2.75) is 24.9 Å². The van der Waals surface area contributed by atoms with E-state index in [1.807, 2.05) is 0 Å². The van der Waals surface area contributed by atoms with E-state index in [1.54, 1.807) is 0 Å². The molecular weight excluding hydrogens is 272 g/mol. The van der Waals surface area contributed by atoms with Gasteiger partial charge in [0.2, 0.25) is 0 Å². The maximum Gasteiger partial charge on any atom is 0.328 e. The Labute approximate surface area is 113 Å². The third-order valence-corrected chi connectivity index (χ3v) is 4.77. The lowest BCUT2D eigenvalue weighted by atomic mass is 10.1. The van der Waals surface area contributed by atoms with E-state index < -0.39 is 22.8 Å². The maximum atomic E-state index is 12.1. The molecule has 8 heteroatoms. The van der Waals surface area contributed by atoms with Gasteiger partial charge in [-0.05, 0) is 12.8 Å². The minimum Gasteiger partial charge on any atom is -0.480 e. The summed E-state index contributed by atoms with van der Waals surface area (Å²) in [6.45, 7) is 0.658. The number of urea groups is 1. The molecule has 0 aromatic rings. The second kappa shape index (κ2) is 6.33. The molecule has 2 rings (SSSR count). The zero-order chi connectivity index (χ0) is 13.8. The zero-order valence-corrected chi connectivity index (χ0v) is 11.4. The summed E-state index contributed by atoms with van der Waals surface area (Å²) in [4.78, 5) is 24.4. The van der Waals surface area contributed by atoms with Crippen LogP contribution in [-0.2, 0) is 20.3 Å². The van der Waals surface area contributed by atoms with E-state index >= 15 is 0 Å². The van der Waals surface area contributed by atoms with Gasteiger partial charge < -0.3 is 20.1 Å². The number of rotatable bonds is 2. The number of hydrogen-bond donors (Lipinski definition) is 2. The summed E-state index contributed by atoms with van der Waals surface area (Å²) in [6.07, 6.45) is 1.36. The van der Waals surface area contributed by atoms with E-state index in [2.05, 4.69) is 5.32 Å². The van der Waals surface area contributed by atoms with Crippen molar-refractivity contribution in [2.24, 2.45) is 0 Å². The van der Waals surface area contributed by atoms with Crippen LogP contribution in [0.15, 0.2) is 0 Å². The second-order valence-corrected chi connectivity index (χ2v) is 6.39. The van der Waals surface area contributed by atoms with Crippen LogP contribution in [0.5, 0.6) is 0 Å². The van der Waals surface area contributed by atoms with Crippen molar-refractivity contribution in [1.29, 1.82) is 0 Å². The number of carboxylic acid groups (broad SMARTS) is 1. The first-order chi connectivity index (χ1) is 9.08. The Bertz CT molecular complexity index is 379. The number of nitrogens with one attached hydrogen (secondary N) is 1. The Hall–Kier alpha value is -1.15. The summed E-state index contributed by atoms with van der Waals surface area (Å²) >= 11 is 0. The molecule has 0 saturated carbocycles. The fourth-order valence-electron chi connectivity index (χ4n) is 2.25. The van der Waals surface area contributed by atoms with Crippen molar-refractivity contribution in [1.82, 2.24) is 10.2 Å². The first kappa shape index (κ1) is 14.3. The van der Waals surface area contributed by atoms with Crippen LogP contribution < -0.4 is 5.32 Å². The van der Waals surface area contributed by atoms with E-state index in [-0.39, 0.29) is 25.2 Å². The predicted molar refractivity (Wildman–Crippen MR) is 68.4 cm³/mol. The van der Waals surface area contributed by atoms with Gasteiger partial charge in [0.05, 0.1) is 13.2 Å². The van der Waals surface area contributed by atoms with Crippen molar-refractivity contribution in [3.05, 3.63) is 0 Å². The van der Waals surface area contributed by atoms with Crippen molar-refractivity contribution >= 4 is 22.8 Å². The average molecular weight is 290 g/mol. The van der Waals surface area contributed by atoms with Crippen molar-refractivity contribution < 1.29 is 23.6 Å². The third kappa shape index (κ3) is 3.66. The van der Waals surface area contributed by atoms with Crippen LogP contribution >= 0.6 is 0 Å². The number of amides is 2. The van der Waals surface area contributed by atoms with Gasteiger partial charge in [0, 0.05) is 34.9 Å². The fourth-order valence-corrected chi connectivity index (χ4v) is 3.55. The molecule has 2 heterocycles. The minimum atomic E-state index is -1.06. The Balaban J connectivity index is 1.90. The normalized spacial score (nSPS) is 31.8. The Morgan fingerprint density at radius 1 is 1.32 bits per heavy atom. The van der Waals surface area contributed by atoms with Gasteiger partial charge in [-0.2, -0.15) is 0 Å². The quantitative estimate of drug-likeness (QED) is 0.707. The van der Waals surface area contributed by atoms with Crippen LogP contribution in [0.1, 0.15) is 12.8 Å². The number of nitrogens with zero attached hydrogens (tertiary/aromatic N) is 1. The number of hydrogen-bond acceptors (Lipinski definition) is 4. The molecule has 2 amide bonds. The van der Waals surface area contributed by atoms with Crippen LogP contribution in [0, 0.1) is 0 Å². The van der Waals surface area contributed by atoms with Gasteiger partial charge in [-0.3, -0.25) is 4.21 Å². The highest BCUT2D eigenvalue weighted by Crippen LogP contribution is 2.12. The predicted octanol–water partition coefficient (Wildman–Crippen LogP) is -0.607. The SMILES string of the molecule is O=C(O)C1COCCN1C(=O)NC1CCS(=O)CC1. The highest BCUT2D eigenvalue weighted by Gasteiger charge is 2.33. The summed E-state index contributed by atoms with van der Waals surface area (Å²) < 4.78 is 16.3. The third-order valence-electron chi connectivity index (χ3n) is 3.39. The van der Waals surface area contributed by atoms with Crippen LogP contribution in [0.25, 0.3) is 0 Å². The van der Waals surface area contributed by atoms with Crippen LogP contribution in [0.3, 0.4) is 0 Å². The van der Waals surface area contributed by atoms with Gasteiger partial charge in [-0.25, -0.2) is 9.59 Å². The van der Waals surface area contributed by atoms with Gasteiger partial charge in [-0.15, -0.1) is 0 Å². The Kier molecular flexibility index (Phi) is 4.76. The highest BCUT2D eigenvalue weighted by atomic mass is 32.2. The first-order valence-corrected chi connectivity index (χ1v) is 7.79. The van der Waals surface area contributed by atoms with E-state index in [1.165, 1.54) is 4.90 Å². The summed E-state index contributed by atoms with van der Waals surface area (Å²) in [6, 6.07) is -1.30. The molecule has 1 unspecified atom stereocenters. The lowest BCUT2D eigenvalue weighted by molar-refractivity contribution is -0.147. The molecule has 2 fully saturated rings. The fraction of sp³-hybridized carbons (Fsp3) is 0.818. The molecule has 2 aliphatic rings. The van der Waals surface area contributed by atoms with Gasteiger partial charge in [0.25, 0.3) is 0 Å². The number of ether oxygens (including phenoxy) is 1. The summed E-state index contributed by atoms with van der Waals surface area (Å²) in [5.41, 5.74) is 0. The van der Waals surface area contributed by atoms with Gasteiger partial charge in [0.1, 0.15) is 0 Å². The molecule has 2 saturated heterocycles. The molecular formula is C11H18N2O5S. The smallest absolute Gasteiger partial charge is 0.328 e. The molecule has 0 aromatic carbocycles. The molecule has 1 atom stereocenters. The zero-order valence-electron chi connectivity index (χ0n) is 10.5. The standard InChI is InChI=1S/C11H18N2O5S/c14-10(15)9-7-18-4-3-13(9)11(16)12-8-1-5-19(17)6-2-8/h8-9H,1-7H2,(H,12,16)(H,14,15). The molecule has 2 aliphatic heterocycles. The average Bonchev–Trinajstić information content (AvgIpc) is 2.41. The van der Waals surface area contributed by atoms with Crippen LogP contribution in [-0.4, -0.2) is 69.6 Å². The van der Waals surface area contributed by atoms with Gasteiger partial charge in [0.15, 0.2) is 6.04 Å². The summed E-state index contributed by atoms with van der Waals surface area (Å²) in [5, 5.41) is 11.9. The lowest BCUT2D eigenvalue weighted by Gasteiger charge is -2.34. The number of carbonyl (C=O) groups is 2. The van der Waals surface area contributed by atoms with E-state index in [4.69, 9.17) is 9.84 Å². The number of morpholine rings is 1. The lowest BCUT2D eigenvalue weighted by Crippen LogP contribution is -2.57. The molecule has 108 valence electrons. The minimum absolute atomic E-state index is 0.0116. The molecule has 0 aliphatic carbocycles. The first-order valence-electron chi connectivity index (χ1n) is 6.30. The summed E-state index contributed by atoms with van der Waals surface area (Å²) in [5.74, 6) is 0.131. The summed E-state index contributed by atoms with van der Waals surface area (Å²) in [7, 11) is -0.774. The van der Waals surface area contributed by atoms with Crippen molar-refractivity contribution in [3.63, 3.8) is 0 Å². The van der Waals surface area contributed by atoms with Gasteiger partial charge >= 0.3 is 12.0 Å².